The fourth-order valence-corrected chi connectivity index (χ4v) is 4.36. The Kier molecular flexibility index (Phi) is 6.24. The number of amides is 1. The van der Waals surface area contributed by atoms with E-state index in [9.17, 15) is 10.1 Å². The average molecular weight is 545 g/mol. The maximum absolute atomic E-state index is 12.4. The molecule has 1 saturated heterocycles. The number of fused-ring (bicyclic) bond motifs is 1. The van der Waals surface area contributed by atoms with E-state index in [1.807, 2.05) is 45.2 Å². The first-order valence-corrected chi connectivity index (χ1v) is 11.5. The fraction of sp³-hybridized carbons (Fsp3) is 0.391. The molecular weight excluding hydrogens is 521 g/mol. The van der Waals surface area contributed by atoms with Crippen molar-refractivity contribution in [3.63, 3.8) is 0 Å². The van der Waals surface area contributed by atoms with E-state index < -0.39 is 5.60 Å². The lowest BCUT2D eigenvalue weighted by Gasteiger charge is -2.33. The first-order chi connectivity index (χ1) is 15.2. The lowest BCUT2D eigenvalue weighted by atomic mass is 10.1. The van der Waals surface area contributed by atoms with E-state index in [1.165, 1.54) is 0 Å². The number of piperidine rings is 1. The molecule has 0 spiro atoms. The third-order valence-electron chi connectivity index (χ3n) is 4.99. The van der Waals surface area contributed by atoms with Gasteiger partial charge in [-0.2, -0.15) is 15.3 Å². The minimum Gasteiger partial charge on any atom is -0.472 e. The minimum atomic E-state index is -0.527. The Balaban J connectivity index is 1.52. The molecule has 1 aliphatic rings. The molecule has 1 atom stereocenters. The van der Waals surface area contributed by atoms with Gasteiger partial charge in [-0.05, 0) is 68.3 Å². The van der Waals surface area contributed by atoms with Crippen molar-refractivity contribution in [3.8, 4) is 23.2 Å². The van der Waals surface area contributed by atoms with Crippen LogP contribution < -0.4 is 4.74 Å². The van der Waals surface area contributed by atoms with Crippen molar-refractivity contribution in [1.82, 2.24) is 19.5 Å². The summed E-state index contributed by atoms with van der Waals surface area (Å²) in [4.78, 5) is 18.8. The van der Waals surface area contributed by atoms with Gasteiger partial charge in [0.05, 0.1) is 21.7 Å². The second-order valence-electron chi connectivity index (χ2n) is 8.70. The van der Waals surface area contributed by atoms with Crippen molar-refractivity contribution in [2.45, 2.75) is 45.3 Å². The van der Waals surface area contributed by atoms with Crippen LogP contribution in [0.25, 0.3) is 16.9 Å². The summed E-state index contributed by atoms with van der Waals surface area (Å²) in [5.41, 5.74) is 2.36. The molecule has 1 aliphatic heterocycles. The number of likely N-dealkylation sites (tertiary alicyclic amines) is 1. The zero-order chi connectivity index (χ0) is 22.9. The van der Waals surface area contributed by atoms with Crippen molar-refractivity contribution in [3.05, 3.63) is 45.7 Å². The summed E-state index contributed by atoms with van der Waals surface area (Å²) < 4.78 is 14.2. The number of rotatable bonds is 3. The SMILES string of the molecule is CC(C)(C)OC(=O)N1CCC[C@@H](Oc2ccn3nc(-c4cccc(C#N)c4)c(I)c3n2)C1. The molecule has 3 heterocycles. The van der Waals surface area contributed by atoms with E-state index in [0.717, 1.165) is 27.7 Å². The van der Waals surface area contributed by atoms with Crippen LogP contribution >= 0.6 is 22.6 Å². The van der Waals surface area contributed by atoms with Gasteiger partial charge in [0, 0.05) is 24.4 Å². The molecule has 0 bridgehead atoms. The van der Waals surface area contributed by atoms with Gasteiger partial charge < -0.3 is 14.4 Å². The summed E-state index contributed by atoms with van der Waals surface area (Å²) in [5, 5.41) is 13.8. The van der Waals surface area contributed by atoms with Crippen LogP contribution in [0.15, 0.2) is 36.5 Å². The van der Waals surface area contributed by atoms with Crippen LogP contribution in [0, 0.1) is 14.9 Å². The minimum absolute atomic E-state index is 0.154. The molecule has 9 heteroatoms. The molecule has 4 rings (SSSR count). The Hall–Kier alpha value is -2.87. The number of hydrogen-bond acceptors (Lipinski definition) is 6. The van der Waals surface area contributed by atoms with Crippen molar-refractivity contribution in [2.24, 2.45) is 0 Å². The van der Waals surface area contributed by atoms with Crippen molar-refractivity contribution in [2.75, 3.05) is 13.1 Å². The van der Waals surface area contributed by atoms with E-state index in [1.54, 1.807) is 21.5 Å². The number of carbonyl (C=O) groups is 1. The first-order valence-electron chi connectivity index (χ1n) is 10.4. The summed E-state index contributed by atoms with van der Waals surface area (Å²) in [6, 6.07) is 11.3. The quantitative estimate of drug-likeness (QED) is 0.445. The molecule has 0 N–H and O–H groups in total. The van der Waals surface area contributed by atoms with Crippen molar-refractivity contribution >= 4 is 34.3 Å². The van der Waals surface area contributed by atoms with E-state index >= 15 is 0 Å². The van der Waals surface area contributed by atoms with Crippen LogP contribution in [0.4, 0.5) is 4.79 Å². The van der Waals surface area contributed by atoms with E-state index in [-0.39, 0.29) is 12.2 Å². The normalized spacial score (nSPS) is 16.6. The third kappa shape index (κ3) is 4.96. The standard InChI is InChI=1S/C23H24IN5O3/c1-23(2,3)32-22(30)28-10-5-8-17(14-28)31-18-9-11-29-21(26-18)19(24)20(27-29)16-7-4-6-15(12-16)13-25/h4,6-7,9,11-12,17H,5,8,10,14H2,1-3H3/t17-/m1/s1. The molecule has 1 amide bonds. The highest BCUT2D eigenvalue weighted by molar-refractivity contribution is 14.1. The Morgan fingerprint density at radius 1 is 1.31 bits per heavy atom. The highest BCUT2D eigenvalue weighted by Crippen LogP contribution is 2.28. The molecule has 0 unspecified atom stereocenters. The van der Waals surface area contributed by atoms with Gasteiger partial charge in [0.2, 0.25) is 5.88 Å². The summed E-state index contributed by atoms with van der Waals surface area (Å²) in [7, 11) is 0. The molecule has 2 aromatic heterocycles. The third-order valence-corrected chi connectivity index (χ3v) is 5.98. The van der Waals surface area contributed by atoms with Gasteiger partial charge in [-0.3, -0.25) is 0 Å². The van der Waals surface area contributed by atoms with Gasteiger partial charge in [-0.1, -0.05) is 12.1 Å². The number of hydrogen-bond donors (Lipinski definition) is 0. The molecule has 0 saturated carbocycles. The number of benzene rings is 1. The van der Waals surface area contributed by atoms with Crippen LogP contribution in [-0.4, -0.2) is 50.4 Å². The highest BCUT2D eigenvalue weighted by atomic mass is 127. The number of halogens is 1. The Bertz CT molecular complexity index is 1190. The molecular formula is C23H24IN5O3. The maximum Gasteiger partial charge on any atom is 0.410 e. The molecule has 166 valence electrons. The van der Waals surface area contributed by atoms with Crippen molar-refractivity contribution in [1.29, 1.82) is 5.26 Å². The zero-order valence-corrected chi connectivity index (χ0v) is 20.4. The van der Waals surface area contributed by atoms with Gasteiger partial charge in [0.1, 0.15) is 17.4 Å². The van der Waals surface area contributed by atoms with Gasteiger partial charge in [0.15, 0.2) is 5.65 Å². The van der Waals surface area contributed by atoms with E-state index in [2.05, 4.69) is 38.7 Å². The summed E-state index contributed by atoms with van der Waals surface area (Å²) in [6.45, 7) is 6.71. The summed E-state index contributed by atoms with van der Waals surface area (Å²) in [5.74, 6) is 0.490. The van der Waals surface area contributed by atoms with Crippen LogP contribution in [0.1, 0.15) is 39.2 Å². The summed E-state index contributed by atoms with van der Waals surface area (Å²) in [6.07, 6.45) is 3.03. The Morgan fingerprint density at radius 2 is 2.12 bits per heavy atom. The zero-order valence-electron chi connectivity index (χ0n) is 18.2. The first kappa shape index (κ1) is 22.3. The van der Waals surface area contributed by atoms with Crippen LogP contribution in [0.3, 0.4) is 0 Å². The number of ether oxygens (including phenoxy) is 2. The topological polar surface area (TPSA) is 92.7 Å². The van der Waals surface area contributed by atoms with E-state index in [4.69, 9.17) is 9.47 Å². The molecule has 3 aromatic rings. The smallest absolute Gasteiger partial charge is 0.410 e. The second kappa shape index (κ2) is 8.94. The molecule has 1 aromatic carbocycles. The van der Waals surface area contributed by atoms with Crippen LogP contribution in [0.5, 0.6) is 5.88 Å². The monoisotopic (exact) mass is 545 g/mol. The second-order valence-corrected chi connectivity index (χ2v) is 9.78. The van der Waals surface area contributed by atoms with Gasteiger partial charge in [0.25, 0.3) is 0 Å². The molecule has 0 radical (unpaired) electrons. The van der Waals surface area contributed by atoms with Gasteiger partial charge in [-0.25, -0.2) is 9.31 Å². The van der Waals surface area contributed by atoms with Crippen molar-refractivity contribution < 1.29 is 14.3 Å². The number of aromatic nitrogens is 3. The largest absolute Gasteiger partial charge is 0.472 e. The predicted octanol–water partition coefficient (Wildman–Crippen LogP) is 4.65. The van der Waals surface area contributed by atoms with Gasteiger partial charge >= 0.3 is 6.09 Å². The molecule has 32 heavy (non-hydrogen) atoms. The lowest BCUT2D eigenvalue weighted by Crippen LogP contribution is -2.46. The van der Waals surface area contributed by atoms with Crippen LogP contribution in [0.2, 0.25) is 0 Å². The number of nitriles is 1. The molecule has 8 nitrogen and oxygen atoms in total. The summed E-state index contributed by atoms with van der Waals surface area (Å²) >= 11 is 2.22. The Morgan fingerprint density at radius 3 is 2.88 bits per heavy atom. The fourth-order valence-electron chi connectivity index (χ4n) is 3.57. The lowest BCUT2D eigenvalue weighted by molar-refractivity contribution is 0.00723. The Labute approximate surface area is 200 Å². The number of nitrogens with zero attached hydrogens (tertiary/aromatic N) is 5. The highest BCUT2D eigenvalue weighted by Gasteiger charge is 2.29. The predicted molar refractivity (Wildman–Crippen MR) is 127 cm³/mol. The number of carbonyl (C=O) groups excluding carboxylic acids is 1. The molecule has 1 fully saturated rings. The van der Waals surface area contributed by atoms with Crippen LogP contribution in [-0.2, 0) is 4.74 Å². The van der Waals surface area contributed by atoms with E-state index in [0.29, 0.717) is 30.2 Å². The maximum atomic E-state index is 12.4. The van der Waals surface area contributed by atoms with Gasteiger partial charge in [-0.15, -0.1) is 0 Å². The average Bonchev–Trinajstić information content (AvgIpc) is 3.09. The molecule has 0 aliphatic carbocycles.